The maximum atomic E-state index is 11.7. The Hall–Kier alpha value is -1.75. The number of nitrogens with zero attached hydrogens (tertiary/aromatic N) is 1. The number of urea groups is 1. The quantitative estimate of drug-likeness (QED) is 0.745. The Morgan fingerprint density at radius 2 is 2.19 bits per heavy atom. The van der Waals surface area contributed by atoms with Crippen LogP contribution < -0.4 is 15.5 Å². The lowest BCUT2D eigenvalue weighted by Gasteiger charge is -2.19. The summed E-state index contributed by atoms with van der Waals surface area (Å²) in [5, 5.41) is 14.6. The summed E-state index contributed by atoms with van der Waals surface area (Å²) in [4.78, 5) is 14.1. The molecule has 0 saturated carbocycles. The predicted octanol–water partition coefficient (Wildman–Crippen LogP) is 1.58. The van der Waals surface area contributed by atoms with E-state index < -0.39 is 0 Å². The van der Waals surface area contributed by atoms with Crippen LogP contribution in [0.15, 0.2) is 30.3 Å². The third-order valence-corrected chi connectivity index (χ3v) is 3.90. The minimum Gasteiger partial charge on any atom is -0.396 e. The van der Waals surface area contributed by atoms with Crippen molar-refractivity contribution in [2.24, 2.45) is 5.92 Å². The monoisotopic (exact) mass is 291 g/mol. The number of anilines is 1. The predicted molar refractivity (Wildman–Crippen MR) is 84.5 cm³/mol. The highest BCUT2D eigenvalue weighted by atomic mass is 16.3. The molecule has 1 heterocycles. The van der Waals surface area contributed by atoms with Crippen molar-refractivity contribution in [2.45, 2.75) is 25.8 Å². The van der Waals surface area contributed by atoms with E-state index in [2.05, 4.69) is 39.8 Å². The molecule has 1 fully saturated rings. The van der Waals surface area contributed by atoms with E-state index in [1.807, 2.05) is 13.0 Å². The van der Waals surface area contributed by atoms with Gasteiger partial charge in [0.2, 0.25) is 0 Å². The van der Waals surface area contributed by atoms with Crippen molar-refractivity contribution < 1.29 is 9.90 Å². The van der Waals surface area contributed by atoms with Gasteiger partial charge in [-0.05, 0) is 37.8 Å². The molecule has 1 aliphatic heterocycles. The molecule has 5 heteroatoms. The second kappa shape index (κ2) is 7.88. The molecule has 0 bridgehead atoms. The molecule has 2 atom stereocenters. The first-order valence-corrected chi connectivity index (χ1v) is 7.64. The molecule has 1 aromatic rings. The maximum Gasteiger partial charge on any atom is 0.315 e. The first-order chi connectivity index (χ1) is 10.2. The fourth-order valence-corrected chi connectivity index (χ4v) is 2.65. The van der Waals surface area contributed by atoms with Crippen LogP contribution in [0, 0.1) is 5.92 Å². The molecule has 1 aromatic carbocycles. The second-order valence-electron chi connectivity index (χ2n) is 5.70. The van der Waals surface area contributed by atoms with E-state index in [-0.39, 0.29) is 18.7 Å². The molecule has 2 rings (SSSR count). The molecule has 5 nitrogen and oxygen atoms in total. The maximum absolute atomic E-state index is 11.7. The lowest BCUT2D eigenvalue weighted by atomic mass is 10.1. The summed E-state index contributed by atoms with van der Waals surface area (Å²) in [6, 6.07) is 10.2. The van der Waals surface area contributed by atoms with E-state index >= 15 is 0 Å². The summed E-state index contributed by atoms with van der Waals surface area (Å²) in [6.45, 7) is 4.70. The van der Waals surface area contributed by atoms with Crippen molar-refractivity contribution >= 4 is 11.7 Å². The van der Waals surface area contributed by atoms with Crippen LogP contribution in [0.2, 0.25) is 0 Å². The molecule has 0 spiro atoms. The van der Waals surface area contributed by atoms with E-state index in [1.54, 1.807) is 0 Å². The zero-order valence-electron chi connectivity index (χ0n) is 12.6. The number of rotatable bonds is 6. The fourth-order valence-electron chi connectivity index (χ4n) is 2.65. The molecule has 0 aliphatic carbocycles. The third-order valence-electron chi connectivity index (χ3n) is 3.90. The first-order valence-electron chi connectivity index (χ1n) is 7.64. The zero-order chi connectivity index (χ0) is 15.1. The molecule has 0 radical (unpaired) electrons. The molecular formula is C16H25N3O2. The molecule has 2 amide bonds. The van der Waals surface area contributed by atoms with E-state index in [4.69, 9.17) is 5.11 Å². The third kappa shape index (κ3) is 4.93. The summed E-state index contributed by atoms with van der Waals surface area (Å²) < 4.78 is 0. The van der Waals surface area contributed by atoms with E-state index in [9.17, 15) is 4.79 Å². The van der Waals surface area contributed by atoms with Gasteiger partial charge in [-0.3, -0.25) is 0 Å². The first kappa shape index (κ1) is 15.6. The molecule has 3 N–H and O–H groups in total. The smallest absolute Gasteiger partial charge is 0.315 e. The number of carbonyl (C=O) groups is 1. The van der Waals surface area contributed by atoms with Gasteiger partial charge >= 0.3 is 6.03 Å². The lowest BCUT2D eigenvalue weighted by Crippen LogP contribution is -2.43. The largest absolute Gasteiger partial charge is 0.396 e. The van der Waals surface area contributed by atoms with E-state index in [0.717, 1.165) is 19.5 Å². The second-order valence-corrected chi connectivity index (χ2v) is 5.70. The number of nitrogens with one attached hydrogen (secondary N) is 2. The van der Waals surface area contributed by atoms with Crippen LogP contribution in [-0.2, 0) is 0 Å². The van der Waals surface area contributed by atoms with Crippen LogP contribution in [0.3, 0.4) is 0 Å². The van der Waals surface area contributed by atoms with Crippen LogP contribution in [0.1, 0.15) is 19.8 Å². The molecule has 1 aliphatic rings. The Morgan fingerprint density at radius 1 is 1.43 bits per heavy atom. The zero-order valence-corrected chi connectivity index (χ0v) is 12.6. The van der Waals surface area contributed by atoms with Gasteiger partial charge in [-0.15, -0.1) is 0 Å². The summed E-state index contributed by atoms with van der Waals surface area (Å²) in [6.07, 6.45) is 1.68. The number of carbonyl (C=O) groups excluding carboxylic acids is 1. The van der Waals surface area contributed by atoms with Gasteiger partial charge in [0.1, 0.15) is 0 Å². The van der Waals surface area contributed by atoms with Gasteiger partial charge in [-0.25, -0.2) is 4.79 Å². The van der Waals surface area contributed by atoms with Gasteiger partial charge in [0.15, 0.2) is 0 Å². The van der Waals surface area contributed by atoms with Gasteiger partial charge in [-0.1, -0.05) is 18.2 Å². The highest BCUT2D eigenvalue weighted by Crippen LogP contribution is 2.22. The molecule has 1 saturated heterocycles. The number of aliphatic hydroxyl groups excluding tert-OH is 1. The van der Waals surface area contributed by atoms with Crippen LogP contribution in [0.25, 0.3) is 0 Å². The Labute approximate surface area is 126 Å². The SMILES string of the molecule is C[C@H](CCO)NC(=O)NCC1CCN(c2ccccc2)C1. The summed E-state index contributed by atoms with van der Waals surface area (Å²) >= 11 is 0. The molecule has 1 unspecified atom stereocenters. The van der Waals surface area contributed by atoms with Crippen molar-refractivity contribution in [3.63, 3.8) is 0 Å². The van der Waals surface area contributed by atoms with Crippen LogP contribution in [0.5, 0.6) is 0 Å². The normalized spacial score (nSPS) is 19.3. The highest BCUT2D eigenvalue weighted by molar-refractivity contribution is 5.74. The van der Waals surface area contributed by atoms with E-state index in [0.29, 0.717) is 18.9 Å². The average molecular weight is 291 g/mol. The standard InChI is InChI=1S/C16H25N3O2/c1-13(8-10-20)18-16(21)17-11-14-7-9-19(12-14)15-5-3-2-4-6-15/h2-6,13-14,20H,7-12H2,1H3,(H2,17,18,21)/t13-,14?/m1/s1. The Balaban J connectivity index is 1.70. The van der Waals surface area contributed by atoms with Crippen molar-refractivity contribution in [1.82, 2.24) is 10.6 Å². The number of hydrogen-bond acceptors (Lipinski definition) is 3. The van der Waals surface area contributed by atoms with Crippen molar-refractivity contribution in [2.75, 3.05) is 31.1 Å². The van der Waals surface area contributed by atoms with Crippen LogP contribution in [-0.4, -0.2) is 43.4 Å². The Morgan fingerprint density at radius 3 is 2.90 bits per heavy atom. The number of hydrogen-bond donors (Lipinski definition) is 3. The number of aliphatic hydroxyl groups is 1. The Bertz CT molecular complexity index is 438. The minimum absolute atomic E-state index is 0.000560. The highest BCUT2D eigenvalue weighted by Gasteiger charge is 2.23. The molecular weight excluding hydrogens is 266 g/mol. The average Bonchev–Trinajstić information content (AvgIpc) is 2.95. The fraction of sp³-hybridized carbons (Fsp3) is 0.562. The Kier molecular flexibility index (Phi) is 5.87. The van der Waals surface area contributed by atoms with Gasteiger partial charge < -0.3 is 20.6 Å². The topological polar surface area (TPSA) is 64.6 Å². The number of benzene rings is 1. The minimum atomic E-state index is -0.144. The summed E-state index contributed by atoms with van der Waals surface area (Å²) in [7, 11) is 0. The van der Waals surface area contributed by atoms with Crippen molar-refractivity contribution in [1.29, 1.82) is 0 Å². The van der Waals surface area contributed by atoms with Gasteiger partial charge in [0.25, 0.3) is 0 Å². The van der Waals surface area contributed by atoms with Gasteiger partial charge in [0.05, 0.1) is 0 Å². The molecule has 21 heavy (non-hydrogen) atoms. The molecule has 116 valence electrons. The molecule has 0 aromatic heterocycles. The summed E-state index contributed by atoms with van der Waals surface area (Å²) in [5.41, 5.74) is 1.25. The van der Waals surface area contributed by atoms with Crippen LogP contribution in [0.4, 0.5) is 10.5 Å². The van der Waals surface area contributed by atoms with Crippen molar-refractivity contribution in [3.8, 4) is 0 Å². The number of para-hydroxylation sites is 1. The number of amides is 2. The lowest BCUT2D eigenvalue weighted by molar-refractivity contribution is 0.229. The van der Waals surface area contributed by atoms with Gasteiger partial charge in [0, 0.05) is 38.0 Å². The van der Waals surface area contributed by atoms with E-state index in [1.165, 1.54) is 5.69 Å². The van der Waals surface area contributed by atoms with Crippen molar-refractivity contribution in [3.05, 3.63) is 30.3 Å². The van der Waals surface area contributed by atoms with Gasteiger partial charge in [-0.2, -0.15) is 0 Å². The van der Waals surface area contributed by atoms with Crippen LogP contribution >= 0.6 is 0 Å². The summed E-state index contributed by atoms with van der Waals surface area (Å²) in [5.74, 6) is 0.490.